The molecule has 0 aliphatic rings. The Kier molecular flexibility index (Phi) is 4.16. The van der Waals surface area contributed by atoms with E-state index in [0.29, 0.717) is 17.9 Å². The molecular weight excluding hydrogens is 256 g/mol. The fourth-order valence-electron chi connectivity index (χ4n) is 1.47. The molecule has 2 aromatic heterocycles. The second kappa shape index (κ2) is 5.85. The summed E-state index contributed by atoms with van der Waals surface area (Å²) in [4.78, 5) is 16.9. The molecule has 20 heavy (non-hydrogen) atoms. The molecule has 1 N–H and O–H groups in total. The third kappa shape index (κ3) is 3.91. The molecule has 7 heteroatoms. The van der Waals surface area contributed by atoms with Crippen molar-refractivity contribution in [1.82, 2.24) is 24.5 Å². The van der Waals surface area contributed by atoms with Crippen LogP contribution in [-0.2, 0) is 0 Å². The van der Waals surface area contributed by atoms with Gasteiger partial charge in [-0.3, -0.25) is 4.57 Å². The molecule has 0 radical (unpaired) electrons. The highest BCUT2D eigenvalue weighted by molar-refractivity contribution is 5.30. The molecule has 0 aliphatic heterocycles. The number of hydrogen-bond acceptors (Lipinski definition) is 6. The van der Waals surface area contributed by atoms with Crippen LogP contribution in [-0.4, -0.2) is 36.6 Å². The Balaban J connectivity index is 2.33. The fraction of sp³-hybridized carbons (Fsp3) is 0.538. The van der Waals surface area contributed by atoms with E-state index >= 15 is 0 Å². The number of nitrogens with one attached hydrogen (secondary N) is 1. The van der Waals surface area contributed by atoms with E-state index < -0.39 is 0 Å². The lowest BCUT2D eigenvalue weighted by Gasteiger charge is -2.20. The molecule has 0 spiro atoms. The lowest BCUT2D eigenvalue weighted by molar-refractivity contribution is 0.116. The van der Waals surface area contributed by atoms with Crippen molar-refractivity contribution in [2.75, 3.05) is 11.9 Å². The van der Waals surface area contributed by atoms with Gasteiger partial charge in [-0.15, -0.1) is 0 Å². The molecule has 0 saturated carbocycles. The van der Waals surface area contributed by atoms with Crippen molar-refractivity contribution in [2.24, 2.45) is 0 Å². The van der Waals surface area contributed by atoms with Crippen LogP contribution in [0.1, 0.15) is 34.1 Å². The Hall–Kier alpha value is -2.18. The lowest BCUT2D eigenvalue weighted by atomic mass is 10.2. The van der Waals surface area contributed by atoms with Crippen LogP contribution in [0.2, 0.25) is 0 Å². The molecule has 108 valence electrons. The van der Waals surface area contributed by atoms with Gasteiger partial charge in [0.25, 0.3) is 0 Å². The predicted octanol–water partition coefficient (Wildman–Crippen LogP) is 2.06. The average molecular weight is 276 g/mol. The smallest absolute Gasteiger partial charge is 0.323 e. The largest absolute Gasteiger partial charge is 0.458 e. The van der Waals surface area contributed by atoms with Crippen molar-refractivity contribution in [2.45, 2.75) is 39.7 Å². The van der Waals surface area contributed by atoms with Gasteiger partial charge in [0.05, 0.1) is 0 Å². The summed E-state index contributed by atoms with van der Waals surface area (Å²) in [6.45, 7) is 8.73. The van der Waals surface area contributed by atoms with Gasteiger partial charge in [-0.25, -0.2) is 4.98 Å². The van der Waals surface area contributed by atoms with Gasteiger partial charge in [0.15, 0.2) is 0 Å². The monoisotopic (exact) mass is 276 g/mol. The van der Waals surface area contributed by atoms with Crippen LogP contribution in [0.5, 0.6) is 6.01 Å². The zero-order valence-corrected chi connectivity index (χ0v) is 12.3. The summed E-state index contributed by atoms with van der Waals surface area (Å²) in [5, 5.41) is 3.15. The Morgan fingerprint density at radius 2 is 2.05 bits per heavy atom. The molecule has 2 aromatic rings. The Labute approximate surface area is 118 Å². The van der Waals surface area contributed by atoms with Crippen molar-refractivity contribution in [3.05, 3.63) is 18.7 Å². The SMILES string of the molecule is CCCNc1nc(OC(C)(C)C)nc(-n2ccnc2)n1. The summed E-state index contributed by atoms with van der Waals surface area (Å²) in [6.07, 6.45) is 6.08. The molecule has 0 unspecified atom stereocenters. The van der Waals surface area contributed by atoms with E-state index in [1.165, 1.54) is 0 Å². The Morgan fingerprint density at radius 1 is 1.25 bits per heavy atom. The molecule has 0 aliphatic carbocycles. The number of ether oxygens (including phenoxy) is 1. The molecule has 0 amide bonds. The van der Waals surface area contributed by atoms with E-state index in [9.17, 15) is 0 Å². The number of imidazole rings is 1. The highest BCUT2D eigenvalue weighted by Gasteiger charge is 2.16. The van der Waals surface area contributed by atoms with Gasteiger partial charge in [0.1, 0.15) is 11.9 Å². The molecule has 0 aromatic carbocycles. The summed E-state index contributed by atoms with van der Waals surface area (Å²) in [5.74, 6) is 0.986. The van der Waals surface area contributed by atoms with E-state index in [2.05, 4.69) is 32.2 Å². The van der Waals surface area contributed by atoms with Crippen molar-refractivity contribution in [1.29, 1.82) is 0 Å². The highest BCUT2D eigenvalue weighted by atomic mass is 16.5. The maximum atomic E-state index is 5.73. The average Bonchev–Trinajstić information content (AvgIpc) is 2.87. The third-order valence-electron chi connectivity index (χ3n) is 2.27. The van der Waals surface area contributed by atoms with Crippen LogP contribution < -0.4 is 10.1 Å². The number of aromatic nitrogens is 5. The van der Waals surface area contributed by atoms with Crippen LogP contribution in [0.25, 0.3) is 5.95 Å². The first kappa shape index (κ1) is 14.2. The first-order chi connectivity index (χ1) is 9.48. The predicted molar refractivity (Wildman–Crippen MR) is 76.1 cm³/mol. The third-order valence-corrected chi connectivity index (χ3v) is 2.27. The first-order valence-electron chi connectivity index (χ1n) is 6.65. The van der Waals surface area contributed by atoms with Crippen molar-refractivity contribution in [3.63, 3.8) is 0 Å². The number of nitrogens with zero attached hydrogens (tertiary/aromatic N) is 5. The summed E-state index contributed by atoms with van der Waals surface area (Å²) in [5.41, 5.74) is -0.365. The maximum Gasteiger partial charge on any atom is 0.323 e. The van der Waals surface area contributed by atoms with Gasteiger partial charge >= 0.3 is 6.01 Å². The zero-order valence-electron chi connectivity index (χ0n) is 12.3. The van der Waals surface area contributed by atoms with Crippen LogP contribution in [0.15, 0.2) is 18.7 Å². The fourth-order valence-corrected chi connectivity index (χ4v) is 1.47. The molecule has 0 saturated heterocycles. The van der Waals surface area contributed by atoms with Gasteiger partial charge in [-0.1, -0.05) is 6.92 Å². The summed E-state index contributed by atoms with van der Waals surface area (Å²) in [6, 6.07) is 0.301. The van der Waals surface area contributed by atoms with E-state index in [1.54, 1.807) is 23.3 Å². The summed E-state index contributed by atoms with van der Waals surface area (Å²) in [7, 11) is 0. The maximum absolute atomic E-state index is 5.73. The Bertz CT molecular complexity index is 546. The minimum Gasteiger partial charge on any atom is -0.458 e. The van der Waals surface area contributed by atoms with Gasteiger partial charge < -0.3 is 10.1 Å². The summed E-state index contributed by atoms with van der Waals surface area (Å²) >= 11 is 0. The van der Waals surface area contributed by atoms with E-state index in [-0.39, 0.29) is 5.60 Å². The van der Waals surface area contributed by atoms with E-state index in [4.69, 9.17) is 4.74 Å². The quantitative estimate of drug-likeness (QED) is 0.900. The van der Waals surface area contributed by atoms with Gasteiger partial charge in [0.2, 0.25) is 11.9 Å². The molecule has 0 fully saturated rings. The van der Waals surface area contributed by atoms with Gasteiger partial charge in [-0.2, -0.15) is 15.0 Å². The van der Waals surface area contributed by atoms with Crippen LogP contribution in [0.4, 0.5) is 5.95 Å². The number of rotatable bonds is 5. The topological polar surface area (TPSA) is 77.8 Å². The van der Waals surface area contributed by atoms with Gasteiger partial charge in [-0.05, 0) is 27.2 Å². The highest BCUT2D eigenvalue weighted by Crippen LogP contribution is 2.16. The van der Waals surface area contributed by atoms with Crippen molar-refractivity contribution >= 4 is 5.95 Å². The zero-order chi connectivity index (χ0) is 14.6. The van der Waals surface area contributed by atoms with Crippen LogP contribution in [0.3, 0.4) is 0 Å². The standard InChI is InChI=1S/C13H20N6O/c1-5-6-15-10-16-11(19-8-7-14-9-19)18-12(17-10)20-13(2,3)4/h7-9H,5-6H2,1-4H3,(H,15,16,17,18). The second-order valence-corrected chi connectivity index (χ2v) is 5.35. The molecule has 7 nitrogen and oxygen atoms in total. The van der Waals surface area contributed by atoms with Crippen molar-refractivity contribution in [3.8, 4) is 12.0 Å². The molecule has 2 heterocycles. The Morgan fingerprint density at radius 3 is 2.65 bits per heavy atom. The molecular formula is C13H20N6O. The lowest BCUT2D eigenvalue weighted by Crippen LogP contribution is -2.25. The first-order valence-corrected chi connectivity index (χ1v) is 6.65. The second-order valence-electron chi connectivity index (χ2n) is 5.35. The minimum atomic E-state index is -0.365. The van der Waals surface area contributed by atoms with E-state index in [0.717, 1.165) is 13.0 Å². The van der Waals surface area contributed by atoms with Crippen LogP contribution >= 0.6 is 0 Å². The van der Waals surface area contributed by atoms with Crippen molar-refractivity contribution < 1.29 is 4.74 Å². The normalized spacial score (nSPS) is 11.4. The van der Waals surface area contributed by atoms with Gasteiger partial charge in [0, 0.05) is 18.9 Å². The molecule has 2 rings (SSSR count). The number of anilines is 1. The molecule has 0 bridgehead atoms. The molecule has 0 atom stereocenters. The van der Waals surface area contributed by atoms with E-state index in [1.807, 2.05) is 20.8 Å². The minimum absolute atomic E-state index is 0.301. The number of hydrogen-bond donors (Lipinski definition) is 1. The summed E-state index contributed by atoms with van der Waals surface area (Å²) < 4.78 is 7.44. The van der Waals surface area contributed by atoms with Crippen LogP contribution in [0, 0.1) is 0 Å².